The predicted molar refractivity (Wildman–Crippen MR) is 58.1 cm³/mol. The minimum atomic E-state index is 0.408. The number of aliphatic imine (C=N–C) groups is 1. The molecule has 1 rings (SSSR count). The lowest BCUT2D eigenvalue weighted by atomic mass is 10.1. The van der Waals surface area contributed by atoms with Gasteiger partial charge >= 0.3 is 0 Å². The average Bonchev–Trinajstić information content (AvgIpc) is 2.17. The molecular weight excluding hydrogens is 186 g/mol. The van der Waals surface area contributed by atoms with E-state index in [-0.39, 0.29) is 0 Å². The minimum absolute atomic E-state index is 0.408. The number of rotatable bonds is 3. The summed E-state index contributed by atoms with van der Waals surface area (Å²) < 4.78 is 0. The lowest BCUT2D eigenvalue weighted by molar-refractivity contribution is 1.07. The normalized spacial score (nSPS) is 9.77. The molecular formula is C9H12ClN3. The van der Waals surface area contributed by atoms with Crippen LogP contribution in [0.2, 0.25) is 5.02 Å². The molecule has 13 heavy (non-hydrogen) atoms. The van der Waals surface area contributed by atoms with Gasteiger partial charge in [0.2, 0.25) is 0 Å². The molecule has 3 N–H and O–H groups in total. The van der Waals surface area contributed by atoms with Crippen molar-refractivity contribution in [3.63, 3.8) is 0 Å². The van der Waals surface area contributed by atoms with Gasteiger partial charge in [-0.2, -0.15) is 0 Å². The Morgan fingerprint density at radius 3 is 2.77 bits per heavy atom. The van der Waals surface area contributed by atoms with Crippen LogP contribution in [-0.4, -0.2) is 13.8 Å². The Hall–Kier alpha value is -1.06. The zero-order valence-corrected chi connectivity index (χ0v) is 8.23. The molecule has 0 aromatic heterocycles. The summed E-state index contributed by atoms with van der Waals surface area (Å²) in [5.74, 6) is 0. The molecule has 0 bridgehead atoms. The van der Waals surface area contributed by atoms with Gasteiger partial charge in [0, 0.05) is 13.6 Å². The molecule has 0 saturated carbocycles. The summed E-state index contributed by atoms with van der Waals surface area (Å²) in [4.78, 5) is 3.85. The standard InChI is InChI=1S/C9H12ClN3/c1-12-7-4-3-6(5-11)8(10)9(7)13-2/h3-4,12H,2,5,11H2,1H3. The SMILES string of the molecule is C=Nc1c(NC)ccc(CN)c1Cl. The molecule has 4 heteroatoms. The van der Waals surface area contributed by atoms with Gasteiger partial charge in [0.25, 0.3) is 0 Å². The zero-order valence-electron chi connectivity index (χ0n) is 7.47. The molecule has 0 radical (unpaired) electrons. The van der Waals surface area contributed by atoms with Crippen molar-refractivity contribution in [2.24, 2.45) is 10.7 Å². The number of halogens is 1. The highest BCUT2D eigenvalue weighted by Crippen LogP contribution is 2.35. The number of hydrogen-bond donors (Lipinski definition) is 2. The van der Waals surface area contributed by atoms with E-state index >= 15 is 0 Å². The lowest BCUT2D eigenvalue weighted by Gasteiger charge is -2.09. The number of anilines is 1. The van der Waals surface area contributed by atoms with E-state index in [4.69, 9.17) is 17.3 Å². The van der Waals surface area contributed by atoms with Gasteiger partial charge in [0.1, 0.15) is 5.69 Å². The molecule has 0 fully saturated rings. The fraction of sp³-hybridized carbons (Fsp3) is 0.222. The number of benzene rings is 1. The van der Waals surface area contributed by atoms with Gasteiger partial charge in [-0.25, -0.2) is 0 Å². The summed E-state index contributed by atoms with van der Waals surface area (Å²) in [5, 5.41) is 3.55. The molecule has 3 nitrogen and oxygen atoms in total. The van der Waals surface area contributed by atoms with Gasteiger partial charge in [0.05, 0.1) is 10.7 Å². The van der Waals surface area contributed by atoms with Crippen molar-refractivity contribution in [2.45, 2.75) is 6.54 Å². The van der Waals surface area contributed by atoms with Crippen molar-refractivity contribution < 1.29 is 0 Å². The summed E-state index contributed by atoms with van der Waals surface area (Å²) in [5.41, 5.74) is 7.89. The highest BCUT2D eigenvalue weighted by Gasteiger charge is 2.07. The fourth-order valence-corrected chi connectivity index (χ4v) is 1.42. The van der Waals surface area contributed by atoms with Crippen LogP contribution in [0.3, 0.4) is 0 Å². The quantitative estimate of drug-likeness (QED) is 0.730. The van der Waals surface area contributed by atoms with Crippen molar-refractivity contribution in [2.75, 3.05) is 12.4 Å². The molecule has 0 saturated heterocycles. The Morgan fingerprint density at radius 2 is 2.31 bits per heavy atom. The predicted octanol–water partition coefficient (Wildman–Crippen LogP) is 2.17. The monoisotopic (exact) mass is 197 g/mol. The average molecular weight is 198 g/mol. The molecule has 0 heterocycles. The first kappa shape index (κ1) is 10.0. The van der Waals surface area contributed by atoms with Crippen LogP contribution in [0.4, 0.5) is 11.4 Å². The summed E-state index contributed by atoms with van der Waals surface area (Å²) in [6.07, 6.45) is 0. The Kier molecular flexibility index (Phi) is 3.28. The third-order valence-electron chi connectivity index (χ3n) is 1.84. The number of nitrogens with two attached hydrogens (primary N) is 1. The smallest absolute Gasteiger partial charge is 0.104 e. The molecule has 1 aromatic rings. The van der Waals surface area contributed by atoms with E-state index in [1.807, 2.05) is 19.2 Å². The van der Waals surface area contributed by atoms with Crippen molar-refractivity contribution in [1.82, 2.24) is 0 Å². The van der Waals surface area contributed by atoms with E-state index < -0.39 is 0 Å². The molecule has 70 valence electrons. The Labute approximate surface area is 82.6 Å². The van der Waals surface area contributed by atoms with E-state index in [0.717, 1.165) is 11.3 Å². The van der Waals surface area contributed by atoms with Gasteiger partial charge in [-0.3, -0.25) is 4.99 Å². The maximum absolute atomic E-state index is 6.04. The second-order valence-corrected chi connectivity index (χ2v) is 2.93. The highest BCUT2D eigenvalue weighted by molar-refractivity contribution is 6.34. The van der Waals surface area contributed by atoms with Crippen LogP contribution in [0.15, 0.2) is 17.1 Å². The highest BCUT2D eigenvalue weighted by atomic mass is 35.5. The van der Waals surface area contributed by atoms with Gasteiger partial charge in [0.15, 0.2) is 0 Å². The molecule has 0 atom stereocenters. The van der Waals surface area contributed by atoms with Crippen LogP contribution in [-0.2, 0) is 6.54 Å². The lowest BCUT2D eigenvalue weighted by Crippen LogP contribution is -1.98. The third kappa shape index (κ3) is 1.82. The fourth-order valence-electron chi connectivity index (χ4n) is 1.12. The largest absolute Gasteiger partial charge is 0.386 e. The molecule has 0 aliphatic carbocycles. The first-order chi connectivity index (χ1) is 6.24. The van der Waals surface area contributed by atoms with Crippen molar-refractivity contribution in [1.29, 1.82) is 0 Å². The molecule has 1 aromatic carbocycles. The van der Waals surface area contributed by atoms with E-state index in [1.54, 1.807) is 0 Å². The number of hydrogen-bond acceptors (Lipinski definition) is 3. The number of nitrogens with zero attached hydrogens (tertiary/aromatic N) is 1. The van der Waals surface area contributed by atoms with Crippen LogP contribution in [0, 0.1) is 0 Å². The molecule has 0 spiro atoms. The summed E-state index contributed by atoms with van der Waals surface area (Å²) in [6.45, 7) is 3.87. The van der Waals surface area contributed by atoms with Crippen molar-refractivity contribution >= 4 is 29.7 Å². The van der Waals surface area contributed by atoms with Gasteiger partial charge in [-0.05, 0) is 18.3 Å². The zero-order chi connectivity index (χ0) is 9.84. The maximum Gasteiger partial charge on any atom is 0.104 e. The van der Waals surface area contributed by atoms with Crippen molar-refractivity contribution in [3.05, 3.63) is 22.7 Å². The third-order valence-corrected chi connectivity index (χ3v) is 2.27. The maximum atomic E-state index is 6.04. The first-order valence-corrected chi connectivity index (χ1v) is 4.28. The van der Waals surface area contributed by atoms with Gasteiger partial charge < -0.3 is 11.1 Å². The van der Waals surface area contributed by atoms with Crippen LogP contribution >= 0.6 is 11.6 Å². The van der Waals surface area contributed by atoms with Crippen LogP contribution in [0.5, 0.6) is 0 Å². The molecule has 0 aliphatic rings. The van der Waals surface area contributed by atoms with Crippen molar-refractivity contribution in [3.8, 4) is 0 Å². The second kappa shape index (κ2) is 4.25. The van der Waals surface area contributed by atoms with E-state index in [0.29, 0.717) is 17.3 Å². The minimum Gasteiger partial charge on any atom is -0.386 e. The Balaban J connectivity index is 3.31. The summed E-state index contributed by atoms with van der Waals surface area (Å²) in [7, 11) is 1.81. The van der Waals surface area contributed by atoms with Crippen LogP contribution < -0.4 is 11.1 Å². The van der Waals surface area contributed by atoms with E-state index in [1.165, 1.54) is 0 Å². The van der Waals surface area contributed by atoms with Crippen LogP contribution in [0.25, 0.3) is 0 Å². The second-order valence-electron chi connectivity index (χ2n) is 2.55. The van der Waals surface area contributed by atoms with Gasteiger partial charge in [-0.1, -0.05) is 17.7 Å². The van der Waals surface area contributed by atoms with E-state index in [2.05, 4.69) is 17.0 Å². The molecule has 0 aliphatic heterocycles. The van der Waals surface area contributed by atoms with Crippen LogP contribution in [0.1, 0.15) is 5.56 Å². The van der Waals surface area contributed by atoms with E-state index in [9.17, 15) is 0 Å². The first-order valence-electron chi connectivity index (χ1n) is 3.90. The molecule has 0 amide bonds. The Morgan fingerprint density at radius 1 is 1.62 bits per heavy atom. The Bertz CT molecular complexity index is 323. The molecule has 0 unspecified atom stereocenters. The summed E-state index contributed by atoms with van der Waals surface area (Å²) >= 11 is 6.04. The topological polar surface area (TPSA) is 50.4 Å². The summed E-state index contributed by atoms with van der Waals surface area (Å²) in [6, 6.07) is 3.76. The van der Waals surface area contributed by atoms with Gasteiger partial charge in [-0.15, -0.1) is 0 Å². The number of nitrogens with one attached hydrogen (secondary N) is 1.